The van der Waals surface area contributed by atoms with Gasteiger partial charge in [0.15, 0.2) is 0 Å². The Balaban J connectivity index is 1.79. The maximum atomic E-state index is 12.7. The van der Waals surface area contributed by atoms with Crippen LogP contribution in [0.5, 0.6) is 5.75 Å². The minimum atomic E-state index is -0.280. The van der Waals surface area contributed by atoms with Crippen molar-refractivity contribution in [2.45, 2.75) is 25.9 Å². The Labute approximate surface area is 169 Å². The van der Waals surface area contributed by atoms with E-state index in [1.807, 2.05) is 25.1 Å². The van der Waals surface area contributed by atoms with E-state index in [2.05, 4.69) is 15.6 Å². The highest BCUT2D eigenvalue weighted by atomic mass is 35.5. The molecule has 0 aromatic heterocycles. The fraction of sp³-hybridized carbons (Fsp3) is 0.333. The number of rotatable bonds is 5. The fourth-order valence-corrected chi connectivity index (χ4v) is 3.08. The number of carbonyl (C=O) groups is 1. The molecule has 28 heavy (non-hydrogen) atoms. The van der Waals surface area contributed by atoms with E-state index in [1.165, 1.54) is 0 Å². The minimum absolute atomic E-state index is 0.0750. The van der Waals surface area contributed by atoms with Crippen LogP contribution in [0.4, 0.5) is 5.69 Å². The van der Waals surface area contributed by atoms with Gasteiger partial charge in [0.05, 0.1) is 19.8 Å². The Hall–Kier alpha value is -2.57. The van der Waals surface area contributed by atoms with E-state index < -0.39 is 0 Å². The molecule has 1 aliphatic heterocycles. The van der Waals surface area contributed by atoms with Gasteiger partial charge in [0.2, 0.25) is 5.96 Å². The average Bonchev–Trinajstić information content (AvgIpc) is 3.23. The smallest absolute Gasteiger partial charge is 0.258 e. The van der Waals surface area contributed by atoms with Gasteiger partial charge in [0.25, 0.3) is 5.91 Å². The SMILES string of the molecule is COc1cccc(C(=O)NC(=NC[C@@H]2CCCO2)Nc2cccc(Cl)c2C)c1. The molecule has 0 bridgehead atoms. The molecule has 1 heterocycles. The topological polar surface area (TPSA) is 72.0 Å². The Morgan fingerprint density at radius 1 is 1.32 bits per heavy atom. The number of amides is 1. The lowest BCUT2D eigenvalue weighted by molar-refractivity contribution is 0.0975. The molecule has 1 aliphatic rings. The molecule has 1 saturated heterocycles. The van der Waals surface area contributed by atoms with Gasteiger partial charge < -0.3 is 14.8 Å². The summed E-state index contributed by atoms with van der Waals surface area (Å²) in [5.41, 5.74) is 2.14. The van der Waals surface area contributed by atoms with Crippen molar-refractivity contribution in [1.82, 2.24) is 5.32 Å². The Kier molecular flexibility index (Phi) is 6.90. The summed E-state index contributed by atoms with van der Waals surface area (Å²) in [4.78, 5) is 17.3. The van der Waals surface area contributed by atoms with E-state index in [0.717, 1.165) is 30.7 Å². The molecule has 2 N–H and O–H groups in total. The number of hydrogen-bond acceptors (Lipinski definition) is 4. The number of nitrogens with zero attached hydrogens (tertiary/aromatic N) is 1. The zero-order chi connectivity index (χ0) is 19.9. The highest BCUT2D eigenvalue weighted by Gasteiger charge is 2.17. The average molecular weight is 402 g/mol. The third-order valence-corrected chi connectivity index (χ3v) is 4.97. The molecule has 2 aromatic carbocycles. The van der Waals surface area contributed by atoms with Gasteiger partial charge in [0.1, 0.15) is 5.75 Å². The molecular formula is C21H24ClN3O3. The molecule has 1 atom stereocenters. The minimum Gasteiger partial charge on any atom is -0.497 e. The van der Waals surface area contributed by atoms with Crippen molar-refractivity contribution in [1.29, 1.82) is 0 Å². The van der Waals surface area contributed by atoms with Crippen LogP contribution in [0.3, 0.4) is 0 Å². The number of nitrogens with one attached hydrogen (secondary N) is 2. The fourth-order valence-electron chi connectivity index (χ4n) is 2.91. The van der Waals surface area contributed by atoms with Gasteiger partial charge >= 0.3 is 0 Å². The third-order valence-electron chi connectivity index (χ3n) is 4.56. The first kappa shape index (κ1) is 20.2. The summed E-state index contributed by atoms with van der Waals surface area (Å²) in [6.07, 6.45) is 2.08. The summed E-state index contributed by atoms with van der Waals surface area (Å²) in [7, 11) is 1.56. The lowest BCUT2D eigenvalue weighted by atomic mass is 10.2. The lowest BCUT2D eigenvalue weighted by Gasteiger charge is -2.15. The van der Waals surface area contributed by atoms with Gasteiger partial charge in [-0.15, -0.1) is 0 Å². The van der Waals surface area contributed by atoms with Gasteiger partial charge in [-0.1, -0.05) is 23.7 Å². The number of carbonyl (C=O) groups excluding carboxylic acids is 1. The van der Waals surface area contributed by atoms with E-state index in [-0.39, 0.29) is 12.0 Å². The van der Waals surface area contributed by atoms with Crippen LogP contribution < -0.4 is 15.4 Å². The second kappa shape index (κ2) is 9.57. The molecule has 0 radical (unpaired) electrons. The first-order chi connectivity index (χ1) is 13.6. The molecule has 0 unspecified atom stereocenters. The van der Waals surface area contributed by atoms with Crippen molar-refractivity contribution in [2.75, 3.05) is 25.6 Å². The van der Waals surface area contributed by atoms with Crippen LogP contribution in [0.1, 0.15) is 28.8 Å². The molecule has 0 spiro atoms. The Morgan fingerprint density at radius 2 is 2.14 bits per heavy atom. The Morgan fingerprint density at radius 3 is 2.89 bits per heavy atom. The van der Waals surface area contributed by atoms with Crippen molar-refractivity contribution in [2.24, 2.45) is 4.99 Å². The van der Waals surface area contributed by atoms with Crippen molar-refractivity contribution in [3.8, 4) is 5.75 Å². The number of hydrogen-bond donors (Lipinski definition) is 2. The van der Waals surface area contributed by atoms with Crippen LogP contribution in [-0.4, -0.2) is 38.2 Å². The zero-order valence-electron chi connectivity index (χ0n) is 16.0. The van der Waals surface area contributed by atoms with E-state index >= 15 is 0 Å². The van der Waals surface area contributed by atoms with Crippen molar-refractivity contribution < 1.29 is 14.3 Å². The molecule has 6 nitrogen and oxygen atoms in total. The second-order valence-electron chi connectivity index (χ2n) is 6.55. The lowest BCUT2D eigenvalue weighted by Crippen LogP contribution is -2.37. The van der Waals surface area contributed by atoms with Crippen LogP contribution in [0, 0.1) is 6.92 Å². The predicted molar refractivity (Wildman–Crippen MR) is 112 cm³/mol. The monoisotopic (exact) mass is 401 g/mol. The van der Waals surface area contributed by atoms with Crippen LogP contribution in [0.15, 0.2) is 47.5 Å². The maximum absolute atomic E-state index is 12.7. The normalized spacial score (nSPS) is 16.7. The first-order valence-electron chi connectivity index (χ1n) is 9.20. The summed E-state index contributed by atoms with van der Waals surface area (Å²) in [6.45, 7) is 3.14. The summed E-state index contributed by atoms with van der Waals surface area (Å²) in [5.74, 6) is 0.690. The standard InChI is InChI=1S/C21H24ClN3O3/c1-14-18(22)9-4-10-19(14)24-21(23-13-17-8-5-11-28-17)25-20(26)15-6-3-7-16(12-15)27-2/h3-4,6-7,9-10,12,17H,5,8,11,13H2,1-2H3,(H2,23,24,25,26)/t17-/m0/s1. The largest absolute Gasteiger partial charge is 0.497 e. The second-order valence-corrected chi connectivity index (χ2v) is 6.95. The van der Waals surface area contributed by atoms with Crippen molar-refractivity contribution in [3.63, 3.8) is 0 Å². The number of benzene rings is 2. The van der Waals surface area contributed by atoms with Crippen molar-refractivity contribution in [3.05, 3.63) is 58.6 Å². The van der Waals surface area contributed by atoms with Gasteiger partial charge in [0, 0.05) is 22.9 Å². The van der Waals surface area contributed by atoms with Crippen LogP contribution in [0.25, 0.3) is 0 Å². The molecular weight excluding hydrogens is 378 g/mol. The highest BCUT2D eigenvalue weighted by molar-refractivity contribution is 6.31. The van der Waals surface area contributed by atoms with Crippen LogP contribution >= 0.6 is 11.6 Å². The van der Waals surface area contributed by atoms with Gasteiger partial charge in [-0.05, 0) is 55.7 Å². The van der Waals surface area contributed by atoms with E-state index in [4.69, 9.17) is 21.1 Å². The third kappa shape index (κ3) is 5.24. The number of aliphatic imine (C=N–C) groups is 1. The summed E-state index contributed by atoms with van der Waals surface area (Å²) in [6, 6.07) is 12.5. The number of halogens is 1. The molecule has 0 aliphatic carbocycles. The van der Waals surface area contributed by atoms with Gasteiger partial charge in [-0.25, -0.2) is 4.99 Å². The number of methoxy groups -OCH3 is 1. The highest BCUT2D eigenvalue weighted by Crippen LogP contribution is 2.23. The van der Waals surface area contributed by atoms with E-state index in [1.54, 1.807) is 31.4 Å². The quantitative estimate of drug-likeness (QED) is 0.586. The van der Waals surface area contributed by atoms with Crippen molar-refractivity contribution >= 4 is 29.2 Å². The summed E-state index contributed by atoms with van der Waals surface area (Å²) in [5, 5.41) is 6.68. The predicted octanol–water partition coefficient (Wildman–Crippen LogP) is 4.03. The summed E-state index contributed by atoms with van der Waals surface area (Å²) < 4.78 is 10.8. The summed E-state index contributed by atoms with van der Waals surface area (Å²) >= 11 is 6.21. The van der Waals surface area contributed by atoms with E-state index in [9.17, 15) is 4.79 Å². The Bertz CT molecular complexity index is 864. The van der Waals surface area contributed by atoms with Crippen LogP contribution in [-0.2, 0) is 4.74 Å². The number of guanidine groups is 1. The molecule has 0 saturated carbocycles. The van der Waals surface area contributed by atoms with Gasteiger partial charge in [-0.3, -0.25) is 10.1 Å². The van der Waals surface area contributed by atoms with Gasteiger partial charge in [-0.2, -0.15) is 0 Å². The molecule has 1 amide bonds. The van der Waals surface area contributed by atoms with Crippen LogP contribution in [0.2, 0.25) is 5.02 Å². The molecule has 1 fully saturated rings. The number of ether oxygens (including phenoxy) is 2. The molecule has 2 aromatic rings. The molecule has 3 rings (SSSR count). The zero-order valence-corrected chi connectivity index (χ0v) is 16.8. The number of anilines is 1. The van der Waals surface area contributed by atoms with E-state index in [0.29, 0.717) is 28.8 Å². The molecule has 148 valence electrons. The first-order valence-corrected chi connectivity index (χ1v) is 9.58. The molecule has 7 heteroatoms. The maximum Gasteiger partial charge on any atom is 0.258 e.